The fourth-order valence-corrected chi connectivity index (χ4v) is 4.45. The molecule has 1 fully saturated rings. The van der Waals surface area contributed by atoms with E-state index < -0.39 is 11.7 Å². The van der Waals surface area contributed by atoms with Crippen LogP contribution in [0.4, 0.5) is 0 Å². The summed E-state index contributed by atoms with van der Waals surface area (Å²) in [6, 6.07) is 15.8. The Hall–Kier alpha value is -2.88. The molecule has 150 valence electrons. The number of para-hydroxylation sites is 1. The van der Waals surface area contributed by atoms with Gasteiger partial charge < -0.3 is 9.88 Å². The minimum atomic E-state index is -0.425. The summed E-state index contributed by atoms with van der Waals surface area (Å²) >= 11 is 0. The summed E-state index contributed by atoms with van der Waals surface area (Å²) < 4.78 is 0. The first kappa shape index (κ1) is 19.4. The Morgan fingerprint density at radius 2 is 1.83 bits per heavy atom. The Morgan fingerprint density at radius 3 is 2.62 bits per heavy atom. The second-order valence-electron chi connectivity index (χ2n) is 8.26. The summed E-state index contributed by atoms with van der Waals surface area (Å²) in [6.07, 6.45) is 7.64. The van der Waals surface area contributed by atoms with Gasteiger partial charge in [-0.2, -0.15) is 0 Å². The zero-order chi connectivity index (χ0) is 20.2. The van der Waals surface area contributed by atoms with Crippen molar-refractivity contribution in [1.82, 2.24) is 9.88 Å². The highest BCUT2D eigenvalue weighted by Gasteiger charge is 2.28. The lowest BCUT2D eigenvalue weighted by Crippen LogP contribution is -2.39. The van der Waals surface area contributed by atoms with Crippen molar-refractivity contribution in [2.45, 2.75) is 45.6 Å². The van der Waals surface area contributed by atoms with Crippen LogP contribution in [0.25, 0.3) is 10.9 Å². The molecule has 0 saturated heterocycles. The van der Waals surface area contributed by atoms with E-state index in [0.29, 0.717) is 24.6 Å². The summed E-state index contributed by atoms with van der Waals surface area (Å²) in [4.78, 5) is 31.3. The van der Waals surface area contributed by atoms with Crippen LogP contribution >= 0.6 is 0 Å². The van der Waals surface area contributed by atoms with E-state index in [4.69, 9.17) is 0 Å². The van der Waals surface area contributed by atoms with Crippen molar-refractivity contribution < 1.29 is 9.59 Å². The summed E-state index contributed by atoms with van der Waals surface area (Å²) in [5, 5.41) is 0.805. The van der Waals surface area contributed by atoms with Crippen LogP contribution in [0.2, 0.25) is 0 Å². The third-order valence-corrected chi connectivity index (χ3v) is 5.97. The molecule has 1 saturated carbocycles. The van der Waals surface area contributed by atoms with Crippen molar-refractivity contribution >= 4 is 22.6 Å². The van der Waals surface area contributed by atoms with E-state index >= 15 is 0 Å². The number of aromatic nitrogens is 1. The number of carbonyl (C=O) groups excluding carboxylic acids is 2. The average molecular weight is 389 g/mol. The van der Waals surface area contributed by atoms with Gasteiger partial charge in [-0.05, 0) is 37.3 Å². The van der Waals surface area contributed by atoms with Gasteiger partial charge in [0, 0.05) is 30.2 Å². The monoisotopic (exact) mass is 388 g/mol. The number of nitrogens with one attached hydrogen (secondary N) is 1. The number of nitrogens with zero attached hydrogens (tertiary/aromatic N) is 1. The number of hydrogen-bond acceptors (Lipinski definition) is 2. The molecule has 0 aliphatic heterocycles. The molecular weight excluding hydrogens is 360 g/mol. The van der Waals surface area contributed by atoms with Gasteiger partial charge in [0.15, 0.2) is 0 Å². The molecule has 1 aliphatic carbocycles. The lowest BCUT2D eigenvalue weighted by atomic mass is 9.88. The highest BCUT2D eigenvalue weighted by atomic mass is 16.2. The Kier molecular flexibility index (Phi) is 5.79. The highest BCUT2D eigenvalue weighted by Crippen LogP contribution is 2.26. The summed E-state index contributed by atoms with van der Waals surface area (Å²) in [5.74, 6) is -0.346. The predicted molar refractivity (Wildman–Crippen MR) is 116 cm³/mol. The van der Waals surface area contributed by atoms with Crippen molar-refractivity contribution in [3.05, 3.63) is 71.4 Å². The summed E-state index contributed by atoms with van der Waals surface area (Å²) in [7, 11) is 0. The average Bonchev–Trinajstić information content (AvgIpc) is 3.17. The molecule has 1 N–H and O–H groups in total. The fraction of sp³-hybridized carbons (Fsp3) is 0.360. The van der Waals surface area contributed by atoms with Gasteiger partial charge >= 0.3 is 0 Å². The molecule has 4 rings (SSSR count). The molecule has 2 aromatic carbocycles. The number of aromatic amines is 1. The van der Waals surface area contributed by atoms with Crippen molar-refractivity contribution in [3.63, 3.8) is 0 Å². The van der Waals surface area contributed by atoms with Crippen LogP contribution in [0.3, 0.4) is 0 Å². The number of benzene rings is 2. The molecule has 0 unspecified atom stereocenters. The van der Waals surface area contributed by atoms with Crippen LogP contribution in [0.15, 0.2) is 54.7 Å². The van der Waals surface area contributed by atoms with E-state index in [2.05, 4.69) is 11.1 Å². The highest BCUT2D eigenvalue weighted by molar-refractivity contribution is 6.44. The van der Waals surface area contributed by atoms with Crippen LogP contribution in [-0.2, 0) is 11.3 Å². The third-order valence-electron chi connectivity index (χ3n) is 5.97. The number of fused-ring (bicyclic) bond motifs is 1. The maximum absolute atomic E-state index is 13.3. The van der Waals surface area contributed by atoms with Gasteiger partial charge in [-0.1, -0.05) is 67.3 Å². The summed E-state index contributed by atoms with van der Waals surface area (Å²) in [6.45, 7) is 3.18. The second-order valence-corrected chi connectivity index (χ2v) is 8.26. The number of aryl methyl sites for hydroxylation is 1. The van der Waals surface area contributed by atoms with Gasteiger partial charge in [0.2, 0.25) is 0 Å². The quantitative estimate of drug-likeness (QED) is 0.462. The second kappa shape index (κ2) is 8.64. The number of amides is 1. The Balaban J connectivity index is 1.59. The lowest BCUT2D eigenvalue weighted by Gasteiger charge is -2.29. The number of Topliss-reactive ketones (excluding diaryl/α,β-unsaturated/α-hetero) is 1. The first-order chi connectivity index (χ1) is 14.1. The molecule has 4 nitrogen and oxygen atoms in total. The van der Waals surface area contributed by atoms with Crippen LogP contribution in [-0.4, -0.2) is 28.1 Å². The Morgan fingerprint density at radius 1 is 1.03 bits per heavy atom. The van der Waals surface area contributed by atoms with Gasteiger partial charge in [0.25, 0.3) is 11.7 Å². The first-order valence-electron chi connectivity index (χ1n) is 10.6. The van der Waals surface area contributed by atoms with Crippen molar-refractivity contribution in [1.29, 1.82) is 0 Å². The molecule has 1 aliphatic rings. The molecule has 1 heterocycles. The van der Waals surface area contributed by atoms with E-state index in [1.807, 2.05) is 49.4 Å². The van der Waals surface area contributed by atoms with Gasteiger partial charge in [-0.3, -0.25) is 9.59 Å². The lowest BCUT2D eigenvalue weighted by molar-refractivity contribution is -0.127. The largest absolute Gasteiger partial charge is 0.360 e. The first-order valence-corrected chi connectivity index (χ1v) is 10.6. The number of hydrogen-bond donors (Lipinski definition) is 1. The van der Waals surface area contributed by atoms with E-state index in [9.17, 15) is 9.59 Å². The van der Waals surface area contributed by atoms with Crippen LogP contribution < -0.4 is 0 Å². The molecule has 0 bridgehead atoms. The number of carbonyl (C=O) groups is 2. The fourth-order valence-electron chi connectivity index (χ4n) is 4.45. The van der Waals surface area contributed by atoms with Crippen LogP contribution in [0, 0.1) is 12.8 Å². The Labute approximate surface area is 171 Å². The third kappa shape index (κ3) is 4.42. The van der Waals surface area contributed by atoms with E-state index in [0.717, 1.165) is 34.9 Å². The van der Waals surface area contributed by atoms with E-state index in [1.54, 1.807) is 11.1 Å². The normalized spacial score (nSPS) is 14.8. The number of rotatable bonds is 6. The summed E-state index contributed by atoms with van der Waals surface area (Å²) in [5.41, 5.74) is 3.57. The molecule has 1 amide bonds. The van der Waals surface area contributed by atoms with Crippen LogP contribution in [0.1, 0.15) is 53.6 Å². The van der Waals surface area contributed by atoms with Crippen molar-refractivity contribution in [2.75, 3.05) is 6.54 Å². The molecular formula is C25H28N2O2. The van der Waals surface area contributed by atoms with Gasteiger partial charge in [-0.25, -0.2) is 0 Å². The molecule has 0 spiro atoms. The SMILES string of the molecule is Cc1cccc(CN(CC2CCCCC2)C(=O)C(=O)c2c[nH]c3ccccc23)c1. The molecule has 0 radical (unpaired) electrons. The maximum Gasteiger partial charge on any atom is 0.295 e. The number of H-pyrrole nitrogens is 1. The zero-order valence-electron chi connectivity index (χ0n) is 17.0. The molecule has 1 aromatic heterocycles. The minimum absolute atomic E-state index is 0.401. The molecule has 4 heteroatoms. The van der Waals surface area contributed by atoms with Crippen molar-refractivity contribution in [2.24, 2.45) is 5.92 Å². The zero-order valence-corrected chi connectivity index (χ0v) is 17.0. The Bertz CT molecular complexity index is 1010. The van der Waals surface area contributed by atoms with Gasteiger partial charge in [-0.15, -0.1) is 0 Å². The maximum atomic E-state index is 13.3. The van der Waals surface area contributed by atoms with Gasteiger partial charge in [0.05, 0.1) is 5.56 Å². The standard InChI is InChI=1S/C25H28N2O2/c1-18-8-7-11-20(14-18)17-27(16-19-9-3-2-4-10-19)25(29)24(28)22-15-26-23-13-6-5-12-21(22)23/h5-8,11-15,19,26H,2-4,9-10,16-17H2,1H3. The topological polar surface area (TPSA) is 53.2 Å². The predicted octanol–water partition coefficient (Wildman–Crippen LogP) is 5.27. The molecule has 3 aromatic rings. The van der Waals surface area contributed by atoms with Gasteiger partial charge in [0.1, 0.15) is 0 Å². The smallest absolute Gasteiger partial charge is 0.295 e. The van der Waals surface area contributed by atoms with Crippen LogP contribution in [0.5, 0.6) is 0 Å². The van der Waals surface area contributed by atoms with E-state index in [1.165, 1.54) is 19.3 Å². The molecule has 29 heavy (non-hydrogen) atoms. The van der Waals surface area contributed by atoms with Crippen molar-refractivity contribution in [3.8, 4) is 0 Å². The van der Waals surface area contributed by atoms with E-state index in [-0.39, 0.29) is 0 Å². The number of ketones is 1. The molecule has 0 atom stereocenters. The minimum Gasteiger partial charge on any atom is -0.360 e.